The molecule has 0 saturated carbocycles. The molecule has 148 valence electrons. The number of carboxylic acids is 1. The van der Waals surface area contributed by atoms with Crippen molar-refractivity contribution in [1.82, 2.24) is 0 Å². The van der Waals surface area contributed by atoms with Gasteiger partial charge in [-0.3, -0.25) is 4.79 Å². The third kappa shape index (κ3) is 3.83. The number of carbonyl (C=O) groups is 1. The van der Waals surface area contributed by atoms with E-state index in [9.17, 15) is 9.90 Å². The molecule has 0 spiro atoms. The lowest BCUT2D eigenvalue weighted by Crippen LogP contribution is -2.33. The fraction of sp³-hybridized carbons (Fsp3) is 0.240. The predicted molar refractivity (Wildman–Crippen MR) is 115 cm³/mol. The Morgan fingerprint density at radius 2 is 1.34 bits per heavy atom. The van der Waals surface area contributed by atoms with Gasteiger partial charge >= 0.3 is 5.97 Å². The second-order valence-corrected chi connectivity index (χ2v) is 7.61. The fourth-order valence-electron chi connectivity index (χ4n) is 3.88. The molecule has 1 atom stereocenters. The van der Waals surface area contributed by atoms with E-state index >= 15 is 0 Å². The van der Waals surface area contributed by atoms with E-state index in [1.165, 1.54) is 12.8 Å². The predicted octanol–water partition coefficient (Wildman–Crippen LogP) is 5.47. The second kappa shape index (κ2) is 8.00. The molecular formula is C25H25NO3. The average molecular weight is 387 g/mol. The first-order valence-electron chi connectivity index (χ1n) is 10.00. The summed E-state index contributed by atoms with van der Waals surface area (Å²) in [6, 6.07) is 24.8. The molecule has 1 heterocycles. The normalized spacial score (nSPS) is 15.7. The largest absolute Gasteiger partial charge is 0.480 e. The Hall–Kier alpha value is -3.27. The molecule has 4 nitrogen and oxygen atoms in total. The van der Waals surface area contributed by atoms with Gasteiger partial charge in [0, 0.05) is 18.8 Å². The number of anilines is 1. The van der Waals surface area contributed by atoms with Crippen LogP contribution in [0, 0.1) is 0 Å². The van der Waals surface area contributed by atoms with Gasteiger partial charge in [-0.25, -0.2) is 0 Å². The summed E-state index contributed by atoms with van der Waals surface area (Å²) in [5, 5.41) is 10.1. The highest BCUT2D eigenvalue weighted by atomic mass is 16.5. The van der Waals surface area contributed by atoms with E-state index in [0.29, 0.717) is 5.75 Å². The highest BCUT2D eigenvalue weighted by Crippen LogP contribution is 2.35. The number of ether oxygens (including phenoxy) is 1. The summed E-state index contributed by atoms with van der Waals surface area (Å²) in [7, 11) is 0. The lowest BCUT2D eigenvalue weighted by Gasteiger charge is -2.27. The second-order valence-electron chi connectivity index (χ2n) is 7.61. The summed E-state index contributed by atoms with van der Waals surface area (Å²) in [6.07, 6.45) is 2.43. The quantitative estimate of drug-likeness (QED) is 0.609. The van der Waals surface area contributed by atoms with Gasteiger partial charge in [0.05, 0.1) is 0 Å². The molecule has 1 fully saturated rings. The molecule has 0 aromatic heterocycles. The van der Waals surface area contributed by atoms with Crippen molar-refractivity contribution in [1.29, 1.82) is 0 Å². The number of aliphatic carboxylic acids is 1. The number of para-hydroxylation sites is 1. The molecule has 1 unspecified atom stereocenters. The van der Waals surface area contributed by atoms with Crippen LogP contribution >= 0.6 is 0 Å². The lowest BCUT2D eigenvalue weighted by atomic mass is 9.76. The van der Waals surface area contributed by atoms with Crippen molar-refractivity contribution in [2.24, 2.45) is 0 Å². The molecule has 3 aromatic carbocycles. The first-order valence-corrected chi connectivity index (χ1v) is 10.00. The van der Waals surface area contributed by atoms with Crippen LogP contribution < -0.4 is 9.64 Å². The number of hydrogen-bond donors (Lipinski definition) is 1. The van der Waals surface area contributed by atoms with E-state index in [2.05, 4.69) is 4.90 Å². The summed E-state index contributed by atoms with van der Waals surface area (Å²) in [5.74, 6) is 0.555. The van der Waals surface area contributed by atoms with Gasteiger partial charge < -0.3 is 14.7 Å². The van der Waals surface area contributed by atoms with Gasteiger partial charge in [0.25, 0.3) is 0 Å². The third-order valence-corrected chi connectivity index (χ3v) is 5.75. The number of benzene rings is 3. The van der Waals surface area contributed by atoms with Gasteiger partial charge in [-0.05, 0) is 67.3 Å². The molecule has 1 saturated heterocycles. The van der Waals surface area contributed by atoms with E-state index in [0.717, 1.165) is 35.7 Å². The van der Waals surface area contributed by atoms with Crippen molar-refractivity contribution in [3.05, 3.63) is 90.0 Å². The zero-order chi connectivity index (χ0) is 20.3. The van der Waals surface area contributed by atoms with Crippen LogP contribution in [-0.2, 0) is 10.2 Å². The number of hydrogen-bond acceptors (Lipinski definition) is 3. The highest BCUT2D eigenvalue weighted by Gasteiger charge is 2.37. The summed E-state index contributed by atoms with van der Waals surface area (Å²) >= 11 is 0. The fourth-order valence-corrected chi connectivity index (χ4v) is 3.88. The van der Waals surface area contributed by atoms with E-state index in [1.54, 1.807) is 6.92 Å². The van der Waals surface area contributed by atoms with Crippen LogP contribution in [0.15, 0.2) is 78.9 Å². The van der Waals surface area contributed by atoms with Crippen molar-refractivity contribution >= 4 is 11.7 Å². The highest BCUT2D eigenvalue weighted by molar-refractivity contribution is 5.85. The number of nitrogens with zero attached hydrogens (tertiary/aromatic N) is 1. The van der Waals surface area contributed by atoms with Crippen LogP contribution in [0.5, 0.6) is 11.5 Å². The summed E-state index contributed by atoms with van der Waals surface area (Å²) < 4.78 is 5.83. The monoisotopic (exact) mass is 387 g/mol. The topological polar surface area (TPSA) is 49.8 Å². The van der Waals surface area contributed by atoms with Gasteiger partial charge in [-0.2, -0.15) is 0 Å². The van der Waals surface area contributed by atoms with Gasteiger partial charge in [0.15, 0.2) is 0 Å². The minimum atomic E-state index is -1.13. The number of rotatable bonds is 6. The van der Waals surface area contributed by atoms with Crippen LogP contribution in [0.4, 0.5) is 5.69 Å². The lowest BCUT2D eigenvalue weighted by molar-refractivity contribution is -0.141. The van der Waals surface area contributed by atoms with Crippen molar-refractivity contribution in [3.63, 3.8) is 0 Å². The van der Waals surface area contributed by atoms with Crippen molar-refractivity contribution in [2.45, 2.75) is 25.2 Å². The molecule has 0 bridgehead atoms. The molecule has 1 N–H and O–H groups in total. The average Bonchev–Trinajstić information content (AvgIpc) is 3.29. The maximum Gasteiger partial charge on any atom is 0.318 e. The Kier molecular flexibility index (Phi) is 5.26. The van der Waals surface area contributed by atoms with Gasteiger partial charge in [0.1, 0.15) is 16.9 Å². The van der Waals surface area contributed by atoms with Crippen LogP contribution in [0.1, 0.15) is 30.9 Å². The van der Waals surface area contributed by atoms with Crippen molar-refractivity contribution in [2.75, 3.05) is 18.0 Å². The maximum absolute atomic E-state index is 12.3. The van der Waals surface area contributed by atoms with E-state index in [-0.39, 0.29) is 0 Å². The first-order chi connectivity index (χ1) is 14.1. The molecule has 4 heteroatoms. The van der Waals surface area contributed by atoms with Crippen molar-refractivity contribution < 1.29 is 14.6 Å². The Bertz CT molecular complexity index is 961. The number of carboxylic acid groups (broad SMARTS) is 1. The molecule has 1 aliphatic heterocycles. The van der Waals surface area contributed by atoms with E-state index in [4.69, 9.17) is 4.74 Å². The molecule has 4 rings (SSSR count). The molecule has 1 aliphatic rings. The third-order valence-electron chi connectivity index (χ3n) is 5.75. The Morgan fingerprint density at radius 3 is 1.90 bits per heavy atom. The standard InChI is InChI=1S/C25H25NO3/c1-25(24(27)28,19-9-13-21(14-10-19)26-17-5-6-18-26)20-11-15-23(16-12-20)29-22-7-3-2-4-8-22/h2-4,7-16H,5-6,17-18H2,1H3,(H,27,28). The van der Waals surface area contributed by atoms with Gasteiger partial charge in [0.2, 0.25) is 0 Å². The van der Waals surface area contributed by atoms with E-state index in [1.807, 2.05) is 78.9 Å². The Labute approximate surface area is 171 Å². The molecule has 0 aliphatic carbocycles. The molecule has 3 aromatic rings. The summed E-state index contributed by atoms with van der Waals surface area (Å²) in [5.41, 5.74) is 1.52. The van der Waals surface area contributed by atoms with E-state index < -0.39 is 11.4 Å². The zero-order valence-corrected chi connectivity index (χ0v) is 16.5. The minimum Gasteiger partial charge on any atom is -0.480 e. The zero-order valence-electron chi connectivity index (χ0n) is 16.5. The first kappa shape index (κ1) is 19.1. The maximum atomic E-state index is 12.3. The van der Waals surface area contributed by atoms with Crippen LogP contribution in [0.25, 0.3) is 0 Å². The van der Waals surface area contributed by atoms with Gasteiger partial charge in [-0.1, -0.05) is 42.5 Å². The Balaban J connectivity index is 1.59. The van der Waals surface area contributed by atoms with Crippen molar-refractivity contribution in [3.8, 4) is 11.5 Å². The molecular weight excluding hydrogens is 362 g/mol. The molecule has 0 radical (unpaired) electrons. The minimum absolute atomic E-state index is 0.678. The summed E-state index contributed by atoms with van der Waals surface area (Å²) in [4.78, 5) is 14.6. The van der Waals surface area contributed by atoms with Crippen LogP contribution in [0.2, 0.25) is 0 Å². The molecule has 0 amide bonds. The SMILES string of the molecule is CC(C(=O)O)(c1ccc(Oc2ccccc2)cc1)c1ccc(N2CCCC2)cc1. The van der Waals surface area contributed by atoms with Gasteiger partial charge in [-0.15, -0.1) is 0 Å². The smallest absolute Gasteiger partial charge is 0.318 e. The molecule has 29 heavy (non-hydrogen) atoms. The Morgan fingerprint density at radius 1 is 0.828 bits per heavy atom. The summed E-state index contributed by atoms with van der Waals surface area (Å²) in [6.45, 7) is 3.89. The van der Waals surface area contributed by atoms with Crippen LogP contribution in [0.3, 0.4) is 0 Å². The van der Waals surface area contributed by atoms with Crippen LogP contribution in [-0.4, -0.2) is 24.2 Å².